The zero-order chi connectivity index (χ0) is 11.8. The Labute approximate surface area is 96.0 Å². The smallest absolute Gasteiger partial charge is 0.317 e. The van der Waals surface area contributed by atoms with Crippen molar-refractivity contribution in [1.82, 2.24) is 0 Å². The van der Waals surface area contributed by atoms with Crippen LogP contribution in [0.1, 0.15) is 51.4 Å². The molecule has 0 bridgehead atoms. The highest BCUT2D eigenvalue weighted by Gasteiger charge is 2.13. The summed E-state index contributed by atoms with van der Waals surface area (Å²) < 4.78 is 4.82. The van der Waals surface area contributed by atoms with E-state index in [1.807, 2.05) is 0 Å². The van der Waals surface area contributed by atoms with Crippen LogP contribution >= 0.6 is 0 Å². The van der Waals surface area contributed by atoms with Gasteiger partial charge in [-0.2, -0.15) is 0 Å². The molecule has 16 heavy (non-hydrogen) atoms. The second-order valence-electron chi connectivity index (χ2n) is 4.44. The summed E-state index contributed by atoms with van der Waals surface area (Å²) >= 11 is 0. The van der Waals surface area contributed by atoms with Crippen LogP contribution < -0.4 is 0 Å². The maximum atomic E-state index is 10.9. The lowest BCUT2D eigenvalue weighted by Gasteiger charge is -2.21. The molecule has 1 aliphatic carbocycles. The Kier molecular flexibility index (Phi) is 5.90. The van der Waals surface area contributed by atoms with Crippen molar-refractivity contribution in [3.63, 3.8) is 0 Å². The van der Waals surface area contributed by atoms with Crippen LogP contribution in [0.3, 0.4) is 0 Å². The second-order valence-corrected chi connectivity index (χ2v) is 4.44. The van der Waals surface area contributed by atoms with Gasteiger partial charge in [-0.1, -0.05) is 32.1 Å². The van der Waals surface area contributed by atoms with Crippen LogP contribution in [0.2, 0.25) is 0 Å². The number of carbonyl (C=O) groups is 2. The number of esters is 1. The van der Waals surface area contributed by atoms with Gasteiger partial charge in [0.2, 0.25) is 0 Å². The molecular weight excluding hydrogens is 208 g/mol. The highest BCUT2D eigenvalue weighted by molar-refractivity contribution is 5.90. The molecule has 1 N–H and O–H groups in total. The van der Waals surface area contributed by atoms with E-state index in [0.29, 0.717) is 6.61 Å². The van der Waals surface area contributed by atoms with Crippen molar-refractivity contribution in [3.8, 4) is 0 Å². The zero-order valence-electron chi connectivity index (χ0n) is 9.61. The minimum Gasteiger partial charge on any atom is -0.481 e. The molecule has 1 fully saturated rings. The molecule has 1 aliphatic rings. The zero-order valence-corrected chi connectivity index (χ0v) is 9.61. The van der Waals surface area contributed by atoms with E-state index in [2.05, 4.69) is 0 Å². The van der Waals surface area contributed by atoms with Crippen molar-refractivity contribution in [3.05, 3.63) is 0 Å². The van der Waals surface area contributed by atoms with Gasteiger partial charge in [-0.25, -0.2) is 0 Å². The monoisotopic (exact) mass is 228 g/mol. The lowest BCUT2D eigenvalue weighted by atomic mass is 9.86. The minimum absolute atomic E-state index is 0.364. The van der Waals surface area contributed by atoms with Crippen molar-refractivity contribution in [2.24, 2.45) is 5.92 Å². The predicted molar refractivity (Wildman–Crippen MR) is 59.0 cm³/mol. The number of carbonyl (C=O) groups excluding carboxylic acids is 1. The Morgan fingerprint density at radius 3 is 2.50 bits per heavy atom. The van der Waals surface area contributed by atoms with Gasteiger partial charge < -0.3 is 9.84 Å². The van der Waals surface area contributed by atoms with Crippen LogP contribution in [0.25, 0.3) is 0 Å². The first-order valence-corrected chi connectivity index (χ1v) is 6.06. The molecule has 1 rings (SSSR count). The van der Waals surface area contributed by atoms with Gasteiger partial charge in [-0.15, -0.1) is 0 Å². The molecule has 1 saturated carbocycles. The average molecular weight is 228 g/mol. The molecule has 0 heterocycles. The molecule has 4 nitrogen and oxygen atoms in total. The van der Waals surface area contributed by atoms with E-state index in [4.69, 9.17) is 9.84 Å². The molecule has 0 aromatic carbocycles. The van der Waals surface area contributed by atoms with Crippen LogP contribution in [-0.4, -0.2) is 23.7 Å². The van der Waals surface area contributed by atoms with E-state index >= 15 is 0 Å². The average Bonchev–Trinajstić information content (AvgIpc) is 2.25. The molecule has 0 saturated heterocycles. The molecule has 0 aromatic heterocycles. The van der Waals surface area contributed by atoms with E-state index in [-0.39, 0.29) is 0 Å². The quantitative estimate of drug-likeness (QED) is 0.430. The summed E-state index contributed by atoms with van der Waals surface area (Å²) in [7, 11) is 0. The van der Waals surface area contributed by atoms with Crippen LogP contribution in [-0.2, 0) is 14.3 Å². The number of rotatable bonds is 6. The predicted octanol–water partition coefficient (Wildman–Crippen LogP) is 2.36. The highest BCUT2D eigenvalue weighted by atomic mass is 16.5. The van der Waals surface area contributed by atoms with Crippen LogP contribution in [0, 0.1) is 5.92 Å². The number of carboxylic acid groups (broad SMARTS) is 1. The Morgan fingerprint density at radius 1 is 1.19 bits per heavy atom. The lowest BCUT2D eigenvalue weighted by Crippen LogP contribution is -2.12. The van der Waals surface area contributed by atoms with E-state index in [0.717, 1.165) is 18.8 Å². The SMILES string of the molecule is O=C(O)CC(=O)OCCCC1CCCCC1. The van der Waals surface area contributed by atoms with Crippen molar-refractivity contribution in [2.45, 2.75) is 51.4 Å². The fourth-order valence-corrected chi connectivity index (χ4v) is 2.21. The molecule has 0 aliphatic heterocycles. The third-order valence-corrected chi connectivity index (χ3v) is 3.04. The summed E-state index contributed by atoms with van der Waals surface area (Å²) in [5.74, 6) is -0.972. The van der Waals surface area contributed by atoms with Gasteiger partial charge in [0.1, 0.15) is 6.42 Å². The molecule has 92 valence electrons. The second kappa shape index (κ2) is 7.25. The first-order valence-electron chi connectivity index (χ1n) is 6.06. The topological polar surface area (TPSA) is 63.6 Å². The van der Waals surface area contributed by atoms with Gasteiger partial charge in [0.05, 0.1) is 6.61 Å². The van der Waals surface area contributed by atoms with Gasteiger partial charge in [-0.3, -0.25) is 9.59 Å². The summed E-state index contributed by atoms with van der Waals surface area (Å²) in [6.45, 7) is 0.364. The van der Waals surface area contributed by atoms with Gasteiger partial charge in [0.15, 0.2) is 0 Å². The van der Waals surface area contributed by atoms with Crippen molar-refractivity contribution < 1.29 is 19.4 Å². The van der Waals surface area contributed by atoms with Crippen molar-refractivity contribution >= 4 is 11.9 Å². The third-order valence-electron chi connectivity index (χ3n) is 3.04. The first-order chi connectivity index (χ1) is 7.68. The number of carboxylic acids is 1. The Bertz CT molecular complexity index is 231. The van der Waals surface area contributed by atoms with Crippen LogP contribution in [0.5, 0.6) is 0 Å². The summed E-state index contributed by atoms with van der Waals surface area (Å²) in [5, 5.41) is 8.34. The molecule has 0 radical (unpaired) electrons. The lowest BCUT2D eigenvalue weighted by molar-refractivity contribution is -0.151. The fourth-order valence-electron chi connectivity index (χ4n) is 2.21. The molecule has 0 aromatic rings. The van der Waals surface area contributed by atoms with Gasteiger partial charge >= 0.3 is 11.9 Å². The summed E-state index contributed by atoms with van der Waals surface area (Å²) in [4.78, 5) is 21.1. The first kappa shape index (κ1) is 13.0. The summed E-state index contributed by atoms with van der Waals surface area (Å²) in [6.07, 6.45) is 8.02. The van der Waals surface area contributed by atoms with E-state index in [9.17, 15) is 9.59 Å². The molecule has 0 spiro atoms. The van der Waals surface area contributed by atoms with Crippen molar-refractivity contribution in [2.75, 3.05) is 6.61 Å². The van der Waals surface area contributed by atoms with Gasteiger partial charge in [-0.05, 0) is 18.8 Å². The van der Waals surface area contributed by atoms with Crippen molar-refractivity contribution in [1.29, 1.82) is 0 Å². The third kappa shape index (κ3) is 5.73. The molecular formula is C12H20O4. The van der Waals surface area contributed by atoms with Crippen LogP contribution in [0.15, 0.2) is 0 Å². The Balaban J connectivity index is 1.98. The summed E-state index contributed by atoms with van der Waals surface area (Å²) in [5.41, 5.74) is 0. The molecule has 4 heteroatoms. The normalized spacial score (nSPS) is 17.0. The van der Waals surface area contributed by atoms with Gasteiger partial charge in [0.25, 0.3) is 0 Å². The van der Waals surface area contributed by atoms with E-state index in [1.165, 1.54) is 32.1 Å². The molecule has 0 atom stereocenters. The molecule has 0 unspecified atom stereocenters. The Hall–Kier alpha value is -1.06. The largest absolute Gasteiger partial charge is 0.481 e. The standard InChI is InChI=1S/C12H20O4/c13-11(14)9-12(15)16-8-4-7-10-5-2-1-3-6-10/h10H,1-9H2,(H,13,14). The van der Waals surface area contributed by atoms with Crippen LogP contribution in [0.4, 0.5) is 0 Å². The van der Waals surface area contributed by atoms with E-state index < -0.39 is 18.4 Å². The minimum atomic E-state index is -1.13. The maximum Gasteiger partial charge on any atom is 0.317 e. The van der Waals surface area contributed by atoms with Gasteiger partial charge in [0, 0.05) is 0 Å². The molecule has 0 amide bonds. The number of aliphatic carboxylic acids is 1. The number of hydrogen-bond donors (Lipinski definition) is 1. The van der Waals surface area contributed by atoms with E-state index in [1.54, 1.807) is 0 Å². The summed E-state index contributed by atoms with van der Waals surface area (Å²) in [6, 6.07) is 0. The fraction of sp³-hybridized carbons (Fsp3) is 0.833. The Morgan fingerprint density at radius 2 is 1.88 bits per heavy atom. The maximum absolute atomic E-state index is 10.9. The highest BCUT2D eigenvalue weighted by Crippen LogP contribution is 2.27. The number of hydrogen-bond acceptors (Lipinski definition) is 3. The number of ether oxygens (including phenoxy) is 1.